The van der Waals surface area contributed by atoms with E-state index in [0.29, 0.717) is 0 Å². The van der Waals surface area contributed by atoms with Crippen molar-refractivity contribution in [3.63, 3.8) is 0 Å². The minimum absolute atomic E-state index is 0.809. The number of nitrogens with zero attached hydrogens (tertiary/aromatic N) is 3. The number of nitrogens with one attached hydrogen (secondary N) is 1. The zero-order valence-corrected chi connectivity index (χ0v) is 10.9. The van der Waals surface area contributed by atoms with Crippen molar-refractivity contribution in [2.75, 3.05) is 13.1 Å². The average Bonchev–Trinajstić information content (AvgIpc) is 3.02. The fourth-order valence-corrected chi connectivity index (χ4v) is 4.91. The molecule has 2 bridgehead atoms. The first-order valence-corrected chi connectivity index (χ1v) is 7.40. The fraction of sp³-hybridized carbons (Fsp3) is 0.833. The van der Waals surface area contributed by atoms with Crippen molar-refractivity contribution in [1.29, 1.82) is 0 Å². The second kappa shape index (κ2) is 3.73. The Kier molecular flexibility index (Phi) is 2.29. The van der Waals surface area contributed by atoms with Crippen LogP contribution < -0.4 is 5.32 Å². The summed E-state index contributed by atoms with van der Waals surface area (Å²) in [7, 11) is 0. The van der Waals surface area contributed by atoms with Gasteiger partial charge in [-0.2, -0.15) is 0 Å². The number of hydrogen-bond donors (Lipinski definition) is 1. The lowest BCUT2D eigenvalue weighted by Gasteiger charge is -2.22. The van der Waals surface area contributed by atoms with Crippen LogP contribution in [0.1, 0.15) is 22.9 Å². The van der Waals surface area contributed by atoms with E-state index in [0.717, 1.165) is 35.5 Å². The Balaban J connectivity index is 1.56. The number of aromatic nitrogens is 2. The van der Waals surface area contributed by atoms with Crippen molar-refractivity contribution < 1.29 is 0 Å². The lowest BCUT2D eigenvalue weighted by Crippen LogP contribution is -2.33. The normalized spacial score (nSPS) is 40.1. The molecule has 0 aromatic carbocycles. The van der Waals surface area contributed by atoms with Gasteiger partial charge in [-0.15, -0.1) is 21.5 Å². The summed E-state index contributed by atoms with van der Waals surface area (Å²) in [4.78, 5) is 2.72. The topological polar surface area (TPSA) is 41.1 Å². The molecule has 4 nitrogen and oxygen atoms in total. The largest absolute Gasteiger partial charge is 0.316 e. The highest BCUT2D eigenvalue weighted by Crippen LogP contribution is 2.47. The molecule has 0 radical (unpaired) electrons. The molecule has 5 heteroatoms. The van der Waals surface area contributed by atoms with Gasteiger partial charge in [0.15, 0.2) is 0 Å². The Hall–Kier alpha value is -0.520. The van der Waals surface area contributed by atoms with Crippen molar-refractivity contribution >= 4 is 11.3 Å². The highest BCUT2D eigenvalue weighted by Gasteiger charge is 2.54. The molecule has 0 unspecified atom stereocenters. The van der Waals surface area contributed by atoms with Gasteiger partial charge in [0.2, 0.25) is 0 Å². The minimum Gasteiger partial charge on any atom is -0.316 e. The van der Waals surface area contributed by atoms with Gasteiger partial charge in [0.1, 0.15) is 10.0 Å². The van der Waals surface area contributed by atoms with Crippen LogP contribution in [0.4, 0.5) is 0 Å². The first-order chi connectivity index (χ1) is 8.33. The summed E-state index contributed by atoms with van der Waals surface area (Å²) in [6.07, 6.45) is 2.79. The van der Waals surface area contributed by atoms with Crippen LogP contribution in [-0.4, -0.2) is 40.3 Å². The number of aryl methyl sites for hydroxylation is 1. The maximum absolute atomic E-state index is 4.28. The molecule has 4 heterocycles. The Morgan fingerprint density at radius 2 is 1.94 bits per heavy atom. The molecular weight excluding hydrogens is 232 g/mol. The predicted octanol–water partition coefficient (Wildman–Crippen LogP) is 1.03. The van der Waals surface area contributed by atoms with E-state index >= 15 is 0 Å². The van der Waals surface area contributed by atoms with Gasteiger partial charge in [-0.1, -0.05) is 0 Å². The average molecular weight is 250 g/mol. The zero-order chi connectivity index (χ0) is 11.4. The summed E-state index contributed by atoms with van der Waals surface area (Å²) in [6, 6.07) is 1.62. The summed E-state index contributed by atoms with van der Waals surface area (Å²) in [6.45, 7) is 5.54. The number of fused-ring (bicyclic) bond motifs is 5. The van der Waals surface area contributed by atoms with Crippen molar-refractivity contribution in [3.8, 4) is 0 Å². The lowest BCUT2D eigenvalue weighted by molar-refractivity contribution is 0.218. The molecule has 3 aliphatic heterocycles. The van der Waals surface area contributed by atoms with Crippen LogP contribution in [0.15, 0.2) is 0 Å². The van der Waals surface area contributed by atoms with Gasteiger partial charge in [0.05, 0.1) is 6.54 Å². The van der Waals surface area contributed by atoms with Crippen molar-refractivity contribution in [2.45, 2.75) is 38.4 Å². The third-order valence-corrected chi connectivity index (χ3v) is 5.62. The van der Waals surface area contributed by atoms with E-state index in [2.05, 4.69) is 20.4 Å². The van der Waals surface area contributed by atoms with Gasteiger partial charge in [0.25, 0.3) is 0 Å². The summed E-state index contributed by atoms with van der Waals surface area (Å²) in [5.74, 6) is 1.81. The third-order valence-electron chi connectivity index (χ3n) is 4.79. The first kappa shape index (κ1) is 10.4. The minimum atomic E-state index is 0.809. The Morgan fingerprint density at radius 3 is 2.53 bits per heavy atom. The van der Waals surface area contributed by atoms with Crippen LogP contribution in [0.3, 0.4) is 0 Å². The second-order valence-corrected chi connectivity index (χ2v) is 6.85. The van der Waals surface area contributed by atoms with Crippen LogP contribution in [-0.2, 0) is 6.54 Å². The predicted molar refractivity (Wildman–Crippen MR) is 66.8 cm³/mol. The van der Waals surface area contributed by atoms with E-state index in [1.165, 1.54) is 30.9 Å². The highest BCUT2D eigenvalue weighted by molar-refractivity contribution is 7.11. The van der Waals surface area contributed by atoms with Gasteiger partial charge in [-0.3, -0.25) is 4.90 Å². The molecule has 1 aromatic heterocycles. The molecule has 17 heavy (non-hydrogen) atoms. The molecule has 3 fully saturated rings. The highest BCUT2D eigenvalue weighted by atomic mass is 32.1. The Bertz CT molecular complexity index is 414. The van der Waals surface area contributed by atoms with E-state index in [9.17, 15) is 0 Å². The van der Waals surface area contributed by atoms with Crippen molar-refractivity contribution in [2.24, 2.45) is 11.8 Å². The van der Waals surface area contributed by atoms with Crippen LogP contribution in [0, 0.1) is 18.8 Å². The first-order valence-electron chi connectivity index (χ1n) is 6.58. The van der Waals surface area contributed by atoms with Crippen LogP contribution in [0.5, 0.6) is 0 Å². The summed E-state index contributed by atoms with van der Waals surface area (Å²) < 4.78 is 0. The molecular formula is C12H18N4S. The number of rotatable bonds is 2. The van der Waals surface area contributed by atoms with E-state index in [1.54, 1.807) is 11.3 Å². The van der Waals surface area contributed by atoms with Crippen molar-refractivity contribution in [1.82, 2.24) is 20.4 Å². The molecule has 0 spiro atoms. The van der Waals surface area contributed by atoms with Gasteiger partial charge in [-0.25, -0.2) is 0 Å². The molecule has 0 aliphatic carbocycles. The van der Waals surface area contributed by atoms with Gasteiger partial charge in [-0.05, 0) is 44.7 Å². The maximum Gasteiger partial charge on any atom is 0.131 e. The Morgan fingerprint density at radius 1 is 1.24 bits per heavy atom. The van der Waals surface area contributed by atoms with E-state index in [4.69, 9.17) is 0 Å². The van der Waals surface area contributed by atoms with Crippen LogP contribution in [0.25, 0.3) is 0 Å². The smallest absolute Gasteiger partial charge is 0.131 e. The summed E-state index contributed by atoms with van der Waals surface area (Å²) in [5.41, 5.74) is 0. The molecule has 0 amide bonds. The van der Waals surface area contributed by atoms with Crippen molar-refractivity contribution in [3.05, 3.63) is 10.0 Å². The number of hydrogen-bond acceptors (Lipinski definition) is 5. The fourth-order valence-electron chi connectivity index (χ4n) is 4.19. The SMILES string of the molecule is Cc1nnc(CN2[C@@H]3CC[C@H]2[C@H]2CNC[C@H]23)s1. The Labute approximate surface area is 105 Å². The van der Waals surface area contributed by atoms with Crippen LogP contribution >= 0.6 is 11.3 Å². The van der Waals surface area contributed by atoms with Crippen LogP contribution in [0.2, 0.25) is 0 Å². The maximum atomic E-state index is 4.28. The molecule has 1 N–H and O–H groups in total. The quantitative estimate of drug-likeness (QED) is 0.851. The molecule has 92 valence electrons. The monoisotopic (exact) mass is 250 g/mol. The zero-order valence-electron chi connectivity index (χ0n) is 10.1. The summed E-state index contributed by atoms with van der Waals surface area (Å²) >= 11 is 1.75. The molecule has 3 aliphatic rings. The molecule has 0 saturated carbocycles. The molecule has 4 atom stereocenters. The molecule has 4 rings (SSSR count). The molecule has 3 saturated heterocycles. The standard InChI is InChI=1S/C12H18N4S/c1-7-14-15-12(17-7)6-16-10-2-3-11(16)9-5-13-4-8(9)10/h8-11,13H,2-6H2,1H3/t8-,9+,10-,11+. The third kappa shape index (κ3) is 1.49. The van der Waals surface area contributed by atoms with E-state index in [1.807, 2.05) is 6.92 Å². The molecule has 1 aromatic rings. The lowest BCUT2D eigenvalue weighted by atomic mass is 9.82. The van der Waals surface area contributed by atoms with Gasteiger partial charge < -0.3 is 5.32 Å². The van der Waals surface area contributed by atoms with E-state index in [-0.39, 0.29) is 0 Å². The van der Waals surface area contributed by atoms with Gasteiger partial charge in [0, 0.05) is 12.1 Å². The summed E-state index contributed by atoms with van der Waals surface area (Å²) in [5, 5.41) is 14.3. The van der Waals surface area contributed by atoms with Gasteiger partial charge >= 0.3 is 0 Å². The van der Waals surface area contributed by atoms with E-state index < -0.39 is 0 Å². The second-order valence-electron chi connectivity index (χ2n) is 5.59.